The third-order valence-electron chi connectivity index (χ3n) is 2.31. The van der Waals surface area contributed by atoms with Gasteiger partial charge in [-0.1, -0.05) is 0 Å². The van der Waals surface area contributed by atoms with Gasteiger partial charge in [-0.15, -0.1) is 0 Å². The molecule has 0 unspecified atom stereocenters. The van der Waals surface area contributed by atoms with E-state index in [-0.39, 0.29) is 0 Å². The molecule has 14 heavy (non-hydrogen) atoms. The molecule has 0 spiro atoms. The molecule has 2 N–H and O–H groups in total. The second kappa shape index (κ2) is 6.35. The van der Waals surface area contributed by atoms with Crippen molar-refractivity contribution in [3.8, 4) is 0 Å². The Morgan fingerprint density at radius 1 is 1.29 bits per heavy atom. The van der Waals surface area contributed by atoms with Crippen LogP contribution in [0.3, 0.4) is 0 Å². The number of hydrogen-bond acceptors (Lipinski definition) is 4. The van der Waals surface area contributed by atoms with Gasteiger partial charge in [0, 0.05) is 26.2 Å². The predicted molar refractivity (Wildman–Crippen MR) is 56.3 cm³/mol. The summed E-state index contributed by atoms with van der Waals surface area (Å²) in [5.74, 6) is 0. The first-order valence-electron chi connectivity index (χ1n) is 5.38. The van der Waals surface area contributed by atoms with Gasteiger partial charge in [0.15, 0.2) is 0 Å². The van der Waals surface area contributed by atoms with E-state index in [4.69, 9.17) is 15.2 Å². The lowest BCUT2D eigenvalue weighted by Gasteiger charge is -2.35. The Hall–Kier alpha value is -0.160. The van der Waals surface area contributed by atoms with Crippen LogP contribution in [-0.2, 0) is 9.47 Å². The highest BCUT2D eigenvalue weighted by Gasteiger charge is 2.21. The minimum atomic E-state index is 0.341. The maximum absolute atomic E-state index is 5.64. The molecule has 0 aromatic heterocycles. The van der Waals surface area contributed by atoms with Crippen LogP contribution < -0.4 is 5.73 Å². The molecule has 0 aliphatic carbocycles. The van der Waals surface area contributed by atoms with E-state index in [0.717, 1.165) is 26.2 Å². The molecule has 0 radical (unpaired) electrons. The molecule has 2 atom stereocenters. The highest BCUT2D eigenvalue weighted by molar-refractivity contribution is 4.72. The fourth-order valence-corrected chi connectivity index (χ4v) is 1.85. The maximum atomic E-state index is 5.64. The van der Waals surface area contributed by atoms with E-state index >= 15 is 0 Å². The molecule has 1 aliphatic heterocycles. The van der Waals surface area contributed by atoms with Crippen molar-refractivity contribution >= 4 is 0 Å². The summed E-state index contributed by atoms with van der Waals surface area (Å²) in [4.78, 5) is 2.38. The van der Waals surface area contributed by atoms with Crippen molar-refractivity contribution in [1.29, 1.82) is 0 Å². The second-order valence-corrected chi connectivity index (χ2v) is 3.92. The van der Waals surface area contributed by atoms with Gasteiger partial charge in [0.1, 0.15) is 0 Å². The lowest BCUT2D eigenvalue weighted by atomic mass is 10.2. The third-order valence-corrected chi connectivity index (χ3v) is 2.31. The summed E-state index contributed by atoms with van der Waals surface area (Å²) in [6.07, 6.45) is 0.682. The van der Waals surface area contributed by atoms with E-state index in [1.54, 1.807) is 0 Å². The van der Waals surface area contributed by atoms with Gasteiger partial charge >= 0.3 is 0 Å². The van der Waals surface area contributed by atoms with Crippen LogP contribution in [-0.4, -0.2) is 56.5 Å². The molecule has 84 valence electrons. The van der Waals surface area contributed by atoms with Crippen molar-refractivity contribution in [2.45, 2.75) is 26.1 Å². The minimum absolute atomic E-state index is 0.341. The van der Waals surface area contributed by atoms with Gasteiger partial charge in [-0.2, -0.15) is 0 Å². The normalized spacial score (nSPS) is 29.4. The summed E-state index contributed by atoms with van der Waals surface area (Å²) in [7, 11) is 0. The van der Waals surface area contributed by atoms with E-state index in [1.807, 2.05) is 0 Å². The third kappa shape index (κ3) is 4.37. The Balaban J connectivity index is 2.10. The van der Waals surface area contributed by atoms with Crippen LogP contribution in [0.25, 0.3) is 0 Å². The van der Waals surface area contributed by atoms with Gasteiger partial charge in [-0.25, -0.2) is 0 Å². The highest BCUT2D eigenvalue weighted by Crippen LogP contribution is 2.09. The van der Waals surface area contributed by atoms with Crippen LogP contribution in [0, 0.1) is 0 Å². The molecule has 0 amide bonds. The molecule has 1 rings (SSSR count). The fraction of sp³-hybridized carbons (Fsp3) is 1.00. The summed E-state index contributed by atoms with van der Waals surface area (Å²) in [6.45, 7) is 9.28. The summed E-state index contributed by atoms with van der Waals surface area (Å²) in [5.41, 5.74) is 5.33. The lowest BCUT2D eigenvalue weighted by Crippen LogP contribution is -2.46. The molecule has 1 saturated heterocycles. The van der Waals surface area contributed by atoms with Crippen molar-refractivity contribution in [2.75, 3.05) is 39.4 Å². The Morgan fingerprint density at radius 2 is 1.93 bits per heavy atom. The summed E-state index contributed by atoms with van der Waals surface area (Å²) >= 11 is 0. The van der Waals surface area contributed by atoms with Crippen molar-refractivity contribution in [1.82, 2.24) is 4.90 Å². The largest absolute Gasteiger partial charge is 0.379 e. The molecule has 0 bridgehead atoms. The van der Waals surface area contributed by atoms with Crippen LogP contribution in [0.15, 0.2) is 0 Å². The minimum Gasteiger partial charge on any atom is -0.379 e. The number of nitrogens with zero attached hydrogens (tertiary/aromatic N) is 1. The summed E-state index contributed by atoms with van der Waals surface area (Å²) in [5, 5.41) is 0. The molecule has 4 heteroatoms. The fourth-order valence-electron chi connectivity index (χ4n) is 1.85. The lowest BCUT2D eigenvalue weighted by molar-refractivity contribution is -0.0728. The second-order valence-electron chi connectivity index (χ2n) is 3.92. The zero-order valence-corrected chi connectivity index (χ0v) is 9.24. The number of rotatable bonds is 5. The topological polar surface area (TPSA) is 47.7 Å². The number of hydrogen-bond donors (Lipinski definition) is 1. The van der Waals surface area contributed by atoms with E-state index in [2.05, 4.69) is 18.7 Å². The first kappa shape index (κ1) is 11.9. The summed E-state index contributed by atoms with van der Waals surface area (Å²) in [6, 6.07) is 0. The molecule has 0 aromatic carbocycles. The standard InChI is InChI=1S/C10H22N2O2/c1-9-7-12(8-10(2)14-9)4-6-13-5-3-11/h9-10H,3-8,11H2,1-2H3/t9-,10+. The van der Waals surface area contributed by atoms with E-state index in [1.165, 1.54) is 0 Å². The van der Waals surface area contributed by atoms with Crippen molar-refractivity contribution < 1.29 is 9.47 Å². The Kier molecular flexibility index (Phi) is 5.40. The molecule has 0 saturated carbocycles. The van der Waals surface area contributed by atoms with E-state index < -0.39 is 0 Å². The zero-order valence-electron chi connectivity index (χ0n) is 9.24. The average molecular weight is 202 g/mol. The first-order chi connectivity index (χ1) is 6.72. The van der Waals surface area contributed by atoms with E-state index in [0.29, 0.717) is 25.4 Å². The SMILES string of the molecule is C[C@@H]1CN(CCOCCN)C[C@H](C)O1. The molecule has 1 heterocycles. The Morgan fingerprint density at radius 3 is 2.50 bits per heavy atom. The molecule has 1 aliphatic rings. The monoisotopic (exact) mass is 202 g/mol. The van der Waals surface area contributed by atoms with Gasteiger partial charge in [-0.3, -0.25) is 4.90 Å². The van der Waals surface area contributed by atoms with Gasteiger partial charge in [0.05, 0.1) is 25.4 Å². The van der Waals surface area contributed by atoms with Crippen molar-refractivity contribution in [2.24, 2.45) is 5.73 Å². The van der Waals surface area contributed by atoms with Crippen LogP contribution >= 0.6 is 0 Å². The van der Waals surface area contributed by atoms with Crippen molar-refractivity contribution in [3.63, 3.8) is 0 Å². The van der Waals surface area contributed by atoms with E-state index in [9.17, 15) is 0 Å². The maximum Gasteiger partial charge on any atom is 0.0678 e. The molecular formula is C10H22N2O2. The van der Waals surface area contributed by atoms with Crippen LogP contribution in [0.1, 0.15) is 13.8 Å². The van der Waals surface area contributed by atoms with Crippen molar-refractivity contribution in [3.05, 3.63) is 0 Å². The van der Waals surface area contributed by atoms with Gasteiger partial charge in [0.2, 0.25) is 0 Å². The van der Waals surface area contributed by atoms with Gasteiger partial charge in [0.25, 0.3) is 0 Å². The quantitative estimate of drug-likeness (QED) is 0.641. The van der Waals surface area contributed by atoms with Gasteiger partial charge in [-0.05, 0) is 13.8 Å². The number of ether oxygens (including phenoxy) is 2. The molecular weight excluding hydrogens is 180 g/mol. The Bertz CT molecular complexity index is 145. The first-order valence-corrected chi connectivity index (χ1v) is 5.38. The number of morpholine rings is 1. The Labute approximate surface area is 86.3 Å². The predicted octanol–water partition coefficient (Wildman–Crippen LogP) is 0.0709. The molecule has 0 aromatic rings. The average Bonchev–Trinajstić information content (AvgIpc) is 2.11. The van der Waals surface area contributed by atoms with Crippen LogP contribution in [0.5, 0.6) is 0 Å². The van der Waals surface area contributed by atoms with Gasteiger partial charge < -0.3 is 15.2 Å². The number of nitrogens with two attached hydrogens (primary N) is 1. The highest BCUT2D eigenvalue weighted by atomic mass is 16.5. The van der Waals surface area contributed by atoms with Crippen LogP contribution in [0.4, 0.5) is 0 Å². The molecule has 1 fully saturated rings. The summed E-state index contributed by atoms with van der Waals surface area (Å²) < 4.78 is 11.0. The van der Waals surface area contributed by atoms with Crippen LogP contribution in [0.2, 0.25) is 0 Å². The zero-order chi connectivity index (χ0) is 10.4. The molecule has 4 nitrogen and oxygen atoms in total. The smallest absolute Gasteiger partial charge is 0.0678 e.